The summed E-state index contributed by atoms with van der Waals surface area (Å²) in [4.78, 5) is 3.49. The molecule has 0 atom stereocenters. The van der Waals surface area contributed by atoms with Gasteiger partial charge in [-0.05, 0) is 18.6 Å². The fourth-order valence-electron chi connectivity index (χ4n) is 0.829. The molecule has 0 saturated carbocycles. The lowest BCUT2D eigenvalue weighted by molar-refractivity contribution is -0.274. The van der Waals surface area contributed by atoms with Gasteiger partial charge in [-0.25, -0.2) is 4.98 Å². The van der Waals surface area contributed by atoms with Crippen LogP contribution in [0.15, 0.2) is 12.3 Å². The first kappa shape index (κ1) is 10.3. The number of ether oxygens (including phenoxy) is 1. The fourth-order valence-corrected chi connectivity index (χ4v) is 0.829. The topological polar surface area (TPSA) is 45.9 Å². The molecule has 0 aromatic carbocycles. The maximum Gasteiger partial charge on any atom is 0.573 e. The number of nitrogens with zero attached hydrogens (tertiary/aromatic N) is 2. The van der Waals surface area contributed by atoms with Crippen LogP contribution in [0.5, 0.6) is 5.75 Å². The van der Waals surface area contributed by atoms with Crippen molar-refractivity contribution in [3.05, 3.63) is 23.5 Å². The average molecular weight is 202 g/mol. The van der Waals surface area contributed by atoms with E-state index in [1.165, 1.54) is 12.3 Å². The van der Waals surface area contributed by atoms with Crippen LogP contribution in [0.25, 0.3) is 0 Å². The van der Waals surface area contributed by atoms with Gasteiger partial charge in [0, 0.05) is 6.20 Å². The van der Waals surface area contributed by atoms with Crippen molar-refractivity contribution in [2.45, 2.75) is 13.3 Å². The monoisotopic (exact) mass is 202 g/mol. The largest absolute Gasteiger partial charge is 0.573 e. The van der Waals surface area contributed by atoms with Gasteiger partial charge in [0.1, 0.15) is 6.07 Å². The molecular formula is C8H5F3N2O. The summed E-state index contributed by atoms with van der Waals surface area (Å²) in [5, 5.41) is 8.45. The maximum absolute atomic E-state index is 11.8. The number of nitriles is 1. The van der Waals surface area contributed by atoms with Gasteiger partial charge in [0.25, 0.3) is 0 Å². The Kier molecular flexibility index (Phi) is 2.60. The van der Waals surface area contributed by atoms with Crippen LogP contribution in [0, 0.1) is 18.3 Å². The summed E-state index contributed by atoms with van der Waals surface area (Å²) in [5.74, 6) is -0.569. The highest BCUT2D eigenvalue weighted by Gasteiger charge is 2.32. The Balaban J connectivity index is 3.07. The summed E-state index contributed by atoms with van der Waals surface area (Å²) >= 11 is 0. The Hall–Kier alpha value is -1.77. The molecule has 0 N–H and O–H groups in total. The zero-order valence-corrected chi connectivity index (χ0v) is 7.09. The van der Waals surface area contributed by atoms with E-state index in [2.05, 4.69) is 9.72 Å². The van der Waals surface area contributed by atoms with Crippen LogP contribution < -0.4 is 4.74 Å². The molecule has 1 aromatic heterocycles. The molecule has 0 amide bonds. The number of aryl methyl sites for hydroxylation is 1. The first-order chi connectivity index (χ1) is 6.42. The number of hydrogen-bond acceptors (Lipinski definition) is 3. The van der Waals surface area contributed by atoms with E-state index in [0.717, 1.165) is 6.07 Å². The minimum atomic E-state index is -4.80. The van der Waals surface area contributed by atoms with E-state index >= 15 is 0 Å². The van der Waals surface area contributed by atoms with Crippen molar-refractivity contribution in [2.75, 3.05) is 0 Å². The van der Waals surface area contributed by atoms with Crippen LogP contribution in [0.4, 0.5) is 13.2 Å². The van der Waals surface area contributed by atoms with Crippen LogP contribution in [-0.4, -0.2) is 11.3 Å². The van der Waals surface area contributed by atoms with Gasteiger partial charge in [0.2, 0.25) is 0 Å². The van der Waals surface area contributed by atoms with Gasteiger partial charge < -0.3 is 4.74 Å². The van der Waals surface area contributed by atoms with Crippen molar-refractivity contribution in [3.63, 3.8) is 0 Å². The molecule has 74 valence electrons. The van der Waals surface area contributed by atoms with Crippen LogP contribution in [-0.2, 0) is 0 Å². The molecule has 1 rings (SSSR count). The van der Waals surface area contributed by atoms with Crippen molar-refractivity contribution >= 4 is 0 Å². The molecule has 1 aromatic rings. The molecule has 6 heteroatoms. The molecule has 1 heterocycles. The summed E-state index contributed by atoms with van der Waals surface area (Å²) in [5.41, 5.74) is 0.108. The van der Waals surface area contributed by atoms with Crippen molar-refractivity contribution < 1.29 is 17.9 Å². The zero-order chi connectivity index (χ0) is 10.8. The molecular weight excluding hydrogens is 197 g/mol. The molecule has 14 heavy (non-hydrogen) atoms. The standard InChI is InChI=1S/C8H5F3N2O/c1-5-2-7(14-8(9,10)11)6(3-12)13-4-5/h2,4H,1H3. The molecule has 0 bridgehead atoms. The number of alkyl halides is 3. The predicted octanol–water partition coefficient (Wildman–Crippen LogP) is 2.16. The van der Waals surface area contributed by atoms with Gasteiger partial charge >= 0.3 is 6.36 Å². The highest BCUT2D eigenvalue weighted by atomic mass is 19.4. The quantitative estimate of drug-likeness (QED) is 0.700. The van der Waals surface area contributed by atoms with Gasteiger partial charge in [-0.3, -0.25) is 0 Å². The normalized spacial score (nSPS) is 10.8. The van der Waals surface area contributed by atoms with Crippen LogP contribution >= 0.6 is 0 Å². The zero-order valence-electron chi connectivity index (χ0n) is 7.09. The molecule has 3 nitrogen and oxygen atoms in total. The molecule has 0 radical (unpaired) electrons. The van der Waals surface area contributed by atoms with Gasteiger partial charge in [0.15, 0.2) is 11.4 Å². The van der Waals surface area contributed by atoms with Gasteiger partial charge in [-0.2, -0.15) is 5.26 Å². The second-order valence-corrected chi connectivity index (χ2v) is 2.52. The first-order valence-corrected chi connectivity index (χ1v) is 3.55. The van der Waals surface area contributed by atoms with Crippen LogP contribution in [0.2, 0.25) is 0 Å². The lowest BCUT2D eigenvalue weighted by Crippen LogP contribution is -2.18. The van der Waals surface area contributed by atoms with Crippen molar-refractivity contribution in [1.29, 1.82) is 5.26 Å². The Morgan fingerprint density at radius 1 is 1.50 bits per heavy atom. The summed E-state index contributed by atoms with van der Waals surface area (Å²) in [6.45, 7) is 1.55. The van der Waals surface area contributed by atoms with E-state index in [-0.39, 0.29) is 5.69 Å². The van der Waals surface area contributed by atoms with Crippen LogP contribution in [0.1, 0.15) is 11.3 Å². The first-order valence-electron chi connectivity index (χ1n) is 3.55. The Morgan fingerprint density at radius 2 is 2.14 bits per heavy atom. The molecule has 0 aliphatic carbocycles. The van der Waals surface area contributed by atoms with Gasteiger partial charge in [-0.1, -0.05) is 0 Å². The van der Waals surface area contributed by atoms with E-state index in [0.29, 0.717) is 5.56 Å². The Bertz CT molecular complexity index is 381. The number of rotatable bonds is 1. The Morgan fingerprint density at radius 3 is 2.64 bits per heavy atom. The molecule has 0 aliphatic heterocycles. The third-order valence-electron chi connectivity index (χ3n) is 1.32. The number of halogens is 3. The van der Waals surface area contributed by atoms with Crippen molar-refractivity contribution in [2.24, 2.45) is 0 Å². The number of hydrogen-bond donors (Lipinski definition) is 0. The lowest BCUT2D eigenvalue weighted by atomic mass is 10.2. The lowest BCUT2D eigenvalue weighted by Gasteiger charge is -2.09. The average Bonchev–Trinajstić information content (AvgIpc) is 2.01. The third kappa shape index (κ3) is 2.62. The van der Waals surface area contributed by atoms with E-state index in [9.17, 15) is 13.2 Å². The minimum absolute atomic E-state index is 0.382. The van der Waals surface area contributed by atoms with Crippen molar-refractivity contribution in [3.8, 4) is 11.8 Å². The number of aromatic nitrogens is 1. The smallest absolute Gasteiger partial charge is 0.403 e. The predicted molar refractivity (Wildman–Crippen MR) is 40.4 cm³/mol. The summed E-state index contributed by atoms with van der Waals surface area (Å²) in [7, 11) is 0. The molecule has 0 spiro atoms. The second-order valence-electron chi connectivity index (χ2n) is 2.52. The van der Waals surface area contributed by atoms with Crippen molar-refractivity contribution in [1.82, 2.24) is 4.98 Å². The van der Waals surface area contributed by atoms with Gasteiger partial charge in [0.05, 0.1) is 0 Å². The molecule has 0 unspecified atom stereocenters. The minimum Gasteiger partial charge on any atom is -0.403 e. The maximum atomic E-state index is 11.8. The SMILES string of the molecule is Cc1cnc(C#N)c(OC(F)(F)F)c1. The summed E-state index contributed by atoms with van der Waals surface area (Å²) < 4.78 is 39.1. The molecule has 0 aliphatic rings. The third-order valence-corrected chi connectivity index (χ3v) is 1.32. The molecule has 0 saturated heterocycles. The number of pyridine rings is 1. The highest BCUT2D eigenvalue weighted by Crippen LogP contribution is 2.25. The highest BCUT2D eigenvalue weighted by molar-refractivity contribution is 5.39. The fraction of sp³-hybridized carbons (Fsp3) is 0.250. The van der Waals surface area contributed by atoms with Gasteiger partial charge in [-0.15, -0.1) is 13.2 Å². The second kappa shape index (κ2) is 3.54. The van der Waals surface area contributed by atoms with E-state index in [4.69, 9.17) is 5.26 Å². The van der Waals surface area contributed by atoms with E-state index < -0.39 is 12.1 Å². The summed E-state index contributed by atoms with van der Waals surface area (Å²) in [6, 6.07) is 2.62. The Labute approximate surface area is 77.7 Å². The van der Waals surface area contributed by atoms with E-state index in [1.54, 1.807) is 6.92 Å². The summed E-state index contributed by atoms with van der Waals surface area (Å²) in [6.07, 6.45) is -3.51. The van der Waals surface area contributed by atoms with E-state index in [1.807, 2.05) is 0 Å². The molecule has 0 fully saturated rings. The van der Waals surface area contributed by atoms with Crippen LogP contribution in [0.3, 0.4) is 0 Å².